The molecule has 1 aliphatic heterocycles. The maximum Gasteiger partial charge on any atom is 0.132 e. The Labute approximate surface area is 306 Å². The number of hydrogen-bond acceptors (Lipinski definition) is 1. The summed E-state index contributed by atoms with van der Waals surface area (Å²) in [6.45, 7) is 0. The van der Waals surface area contributed by atoms with Gasteiger partial charge in [-0.25, -0.2) is 0 Å². The molecule has 0 atom stereocenters. The van der Waals surface area contributed by atoms with Crippen LogP contribution in [0.2, 0.25) is 0 Å². The van der Waals surface area contributed by atoms with Gasteiger partial charge in [-0.3, -0.25) is 0 Å². The Morgan fingerprint density at radius 2 is 0.981 bits per heavy atom. The molecular formula is C51H31NO. The Morgan fingerprint density at radius 3 is 1.75 bits per heavy atom. The van der Waals surface area contributed by atoms with Crippen LogP contribution in [-0.2, 0) is 5.41 Å². The van der Waals surface area contributed by atoms with Crippen molar-refractivity contribution in [3.63, 3.8) is 0 Å². The van der Waals surface area contributed by atoms with Crippen molar-refractivity contribution in [3.8, 4) is 39.4 Å². The van der Waals surface area contributed by atoms with Crippen molar-refractivity contribution in [3.05, 3.63) is 210 Å². The minimum absolute atomic E-state index is 0.484. The highest BCUT2D eigenvalue weighted by molar-refractivity contribution is 6.23. The molecule has 0 saturated heterocycles. The van der Waals surface area contributed by atoms with Crippen molar-refractivity contribution < 1.29 is 4.74 Å². The molecule has 0 N–H and O–H groups in total. The first-order valence-electron chi connectivity index (χ1n) is 18.3. The lowest BCUT2D eigenvalue weighted by molar-refractivity contribution is 0.436. The Kier molecular flexibility index (Phi) is 5.73. The van der Waals surface area contributed by atoms with Gasteiger partial charge < -0.3 is 9.30 Å². The van der Waals surface area contributed by atoms with Crippen molar-refractivity contribution in [2.75, 3.05) is 0 Å². The quantitative estimate of drug-likeness (QED) is 0.178. The molecule has 246 valence electrons. The summed E-state index contributed by atoms with van der Waals surface area (Å²) in [5.41, 5.74) is 13.0. The van der Waals surface area contributed by atoms with E-state index in [9.17, 15) is 0 Å². The summed E-state index contributed by atoms with van der Waals surface area (Å²) in [4.78, 5) is 0. The highest BCUT2D eigenvalue weighted by Crippen LogP contribution is 2.62. The average Bonchev–Trinajstić information content (AvgIpc) is 3.70. The minimum atomic E-state index is -0.484. The summed E-state index contributed by atoms with van der Waals surface area (Å²) < 4.78 is 9.13. The molecule has 1 aromatic heterocycles. The topological polar surface area (TPSA) is 14.2 Å². The number of nitrogens with zero attached hydrogens (tertiary/aromatic N) is 1. The van der Waals surface area contributed by atoms with Gasteiger partial charge in [0.1, 0.15) is 11.5 Å². The second-order valence-corrected chi connectivity index (χ2v) is 14.4. The second-order valence-electron chi connectivity index (χ2n) is 14.4. The number of rotatable bonds is 2. The molecule has 1 spiro atoms. The summed E-state index contributed by atoms with van der Waals surface area (Å²) in [6.07, 6.45) is 0. The molecule has 10 aromatic rings. The lowest BCUT2D eigenvalue weighted by atomic mass is 9.66. The van der Waals surface area contributed by atoms with E-state index in [2.05, 4.69) is 193 Å². The predicted molar refractivity (Wildman–Crippen MR) is 219 cm³/mol. The standard InChI is InChI=1S/C51H31NO/c1-2-13-35-31-47-41(29-34(35)12-1)50-38-14-4-3-11-33(38)23-27-46(50)52(47)37-25-21-32(22-26-37)36-24-28-49-45(30-36)51(44-19-9-10-20-48(44)53-49)42-17-7-5-15-39(42)40-16-6-8-18-43(40)51/h1-31H. The first kappa shape index (κ1) is 28.8. The molecule has 2 heterocycles. The van der Waals surface area contributed by atoms with E-state index in [4.69, 9.17) is 4.74 Å². The highest BCUT2D eigenvalue weighted by Gasteiger charge is 2.51. The monoisotopic (exact) mass is 673 g/mol. The zero-order chi connectivity index (χ0) is 34.7. The third kappa shape index (κ3) is 3.82. The third-order valence-corrected chi connectivity index (χ3v) is 11.8. The van der Waals surface area contributed by atoms with Gasteiger partial charge in [-0.1, -0.05) is 140 Å². The van der Waals surface area contributed by atoms with Crippen molar-refractivity contribution in [2.24, 2.45) is 0 Å². The molecule has 0 bridgehead atoms. The Balaban J connectivity index is 1.06. The maximum atomic E-state index is 6.69. The molecule has 0 amide bonds. The normalized spacial score (nSPS) is 13.6. The van der Waals surface area contributed by atoms with Gasteiger partial charge in [-0.05, 0) is 103 Å². The van der Waals surface area contributed by atoms with Crippen LogP contribution in [0, 0.1) is 0 Å². The molecule has 0 saturated carbocycles. The van der Waals surface area contributed by atoms with E-state index < -0.39 is 5.41 Å². The van der Waals surface area contributed by atoms with Gasteiger partial charge in [0.2, 0.25) is 0 Å². The fourth-order valence-electron chi connectivity index (χ4n) is 9.59. The number of ether oxygens (including phenoxy) is 1. The van der Waals surface area contributed by atoms with Gasteiger partial charge in [0.25, 0.3) is 0 Å². The molecule has 12 rings (SSSR count). The number of hydrogen-bond donors (Lipinski definition) is 0. The molecule has 0 fully saturated rings. The maximum absolute atomic E-state index is 6.69. The van der Waals surface area contributed by atoms with Crippen LogP contribution in [0.25, 0.3) is 71.3 Å². The first-order valence-corrected chi connectivity index (χ1v) is 18.3. The molecule has 2 nitrogen and oxygen atoms in total. The summed E-state index contributed by atoms with van der Waals surface area (Å²) in [7, 11) is 0. The van der Waals surface area contributed by atoms with E-state index in [1.165, 1.54) is 87.9 Å². The van der Waals surface area contributed by atoms with Gasteiger partial charge in [0.15, 0.2) is 0 Å². The predicted octanol–water partition coefficient (Wildman–Crippen LogP) is 13.2. The van der Waals surface area contributed by atoms with E-state index in [0.717, 1.165) is 17.2 Å². The van der Waals surface area contributed by atoms with Crippen molar-refractivity contribution in [2.45, 2.75) is 5.41 Å². The zero-order valence-electron chi connectivity index (χ0n) is 28.8. The average molecular weight is 674 g/mol. The Morgan fingerprint density at radius 1 is 0.377 bits per heavy atom. The van der Waals surface area contributed by atoms with Crippen LogP contribution in [0.4, 0.5) is 0 Å². The van der Waals surface area contributed by atoms with Crippen LogP contribution in [0.3, 0.4) is 0 Å². The fraction of sp³-hybridized carbons (Fsp3) is 0.0196. The van der Waals surface area contributed by atoms with Gasteiger partial charge in [-0.15, -0.1) is 0 Å². The number of aromatic nitrogens is 1. The zero-order valence-corrected chi connectivity index (χ0v) is 28.8. The SMILES string of the molecule is c1ccc2c(c1)Oc1ccc(-c3ccc(-n4c5cc6ccccc6cc5c5c6ccccc6ccc54)cc3)cc1C21c2ccccc2-c2ccccc21. The van der Waals surface area contributed by atoms with Gasteiger partial charge in [0.05, 0.1) is 16.4 Å². The Hall–Kier alpha value is -6.90. The van der Waals surface area contributed by atoms with Crippen LogP contribution in [0.15, 0.2) is 188 Å². The molecule has 0 radical (unpaired) electrons. The van der Waals surface area contributed by atoms with Crippen LogP contribution in [0.1, 0.15) is 22.3 Å². The van der Waals surface area contributed by atoms with Crippen LogP contribution >= 0.6 is 0 Å². The number of benzene rings is 9. The van der Waals surface area contributed by atoms with Gasteiger partial charge in [-0.2, -0.15) is 0 Å². The molecule has 9 aromatic carbocycles. The van der Waals surface area contributed by atoms with E-state index in [1.807, 2.05) is 0 Å². The Bertz CT molecular complexity index is 3100. The highest BCUT2D eigenvalue weighted by atomic mass is 16.5. The molecule has 2 aliphatic rings. The van der Waals surface area contributed by atoms with E-state index >= 15 is 0 Å². The largest absolute Gasteiger partial charge is 0.457 e. The summed E-state index contributed by atoms with van der Waals surface area (Å²) in [6, 6.07) is 68.9. The number of para-hydroxylation sites is 1. The summed E-state index contributed by atoms with van der Waals surface area (Å²) in [5, 5.41) is 7.61. The van der Waals surface area contributed by atoms with Crippen LogP contribution in [0.5, 0.6) is 11.5 Å². The first-order chi connectivity index (χ1) is 26.3. The van der Waals surface area contributed by atoms with Crippen molar-refractivity contribution in [1.82, 2.24) is 4.57 Å². The van der Waals surface area contributed by atoms with E-state index in [1.54, 1.807) is 0 Å². The smallest absolute Gasteiger partial charge is 0.132 e. The van der Waals surface area contributed by atoms with Crippen molar-refractivity contribution in [1.29, 1.82) is 0 Å². The van der Waals surface area contributed by atoms with Crippen molar-refractivity contribution >= 4 is 43.4 Å². The summed E-state index contributed by atoms with van der Waals surface area (Å²) in [5.74, 6) is 1.82. The minimum Gasteiger partial charge on any atom is -0.457 e. The lowest BCUT2D eigenvalue weighted by Gasteiger charge is -2.39. The molecule has 53 heavy (non-hydrogen) atoms. The summed E-state index contributed by atoms with van der Waals surface area (Å²) >= 11 is 0. The van der Waals surface area contributed by atoms with Gasteiger partial charge in [0, 0.05) is 27.6 Å². The lowest BCUT2D eigenvalue weighted by Crippen LogP contribution is -2.32. The second kappa shape index (κ2) is 10.6. The van der Waals surface area contributed by atoms with Crippen LogP contribution in [-0.4, -0.2) is 4.57 Å². The molecule has 1 aliphatic carbocycles. The molecule has 0 unspecified atom stereocenters. The molecular weight excluding hydrogens is 643 g/mol. The van der Waals surface area contributed by atoms with E-state index in [-0.39, 0.29) is 0 Å². The van der Waals surface area contributed by atoms with Gasteiger partial charge >= 0.3 is 0 Å². The number of fused-ring (bicyclic) bond motifs is 15. The van der Waals surface area contributed by atoms with Crippen LogP contribution < -0.4 is 4.74 Å². The van der Waals surface area contributed by atoms with E-state index in [0.29, 0.717) is 0 Å². The third-order valence-electron chi connectivity index (χ3n) is 11.8. The fourth-order valence-corrected chi connectivity index (χ4v) is 9.59. The molecule has 2 heteroatoms.